The van der Waals surface area contributed by atoms with Crippen molar-refractivity contribution < 1.29 is 9.59 Å². The molecule has 1 aliphatic heterocycles. The number of Topliss-reactive ketones (excluding diaryl/α,β-unsaturated/α-hetero) is 1. The molecule has 72 valence electrons. The van der Waals surface area contributed by atoms with Crippen LogP contribution in [-0.4, -0.2) is 28.7 Å². The zero-order chi connectivity index (χ0) is 9.59. The molecule has 1 heterocycles. The van der Waals surface area contributed by atoms with Crippen molar-refractivity contribution in [2.45, 2.75) is 45.2 Å². The molecule has 0 aromatic carbocycles. The van der Waals surface area contributed by atoms with Crippen molar-refractivity contribution in [3.63, 3.8) is 0 Å². The summed E-state index contributed by atoms with van der Waals surface area (Å²) < 4.78 is 0. The summed E-state index contributed by atoms with van der Waals surface area (Å²) in [5, 5.41) is 0. The molecule has 3 heteroatoms. The molecule has 1 saturated heterocycles. The van der Waals surface area contributed by atoms with Crippen LogP contribution >= 0.6 is 0 Å². The maximum Gasteiger partial charge on any atom is 0.220 e. The Morgan fingerprint density at radius 1 is 1.54 bits per heavy atom. The zero-order valence-electron chi connectivity index (χ0n) is 8.12. The zero-order valence-corrected chi connectivity index (χ0v) is 8.12. The molecule has 0 spiro atoms. The van der Waals surface area contributed by atoms with E-state index in [1.54, 1.807) is 11.8 Å². The van der Waals surface area contributed by atoms with E-state index in [0.717, 1.165) is 12.8 Å². The van der Waals surface area contributed by atoms with Crippen LogP contribution in [0.2, 0.25) is 0 Å². The summed E-state index contributed by atoms with van der Waals surface area (Å²) in [6.07, 6.45) is 2.67. The number of carbonyl (C=O) groups excluding carboxylic acids is 2. The van der Waals surface area contributed by atoms with E-state index < -0.39 is 0 Å². The summed E-state index contributed by atoms with van der Waals surface area (Å²) in [6, 6.07) is 0.184. The number of hydrogen-bond acceptors (Lipinski definition) is 2. The lowest BCUT2D eigenvalue weighted by molar-refractivity contribution is -0.136. The minimum absolute atomic E-state index is 0.0512. The lowest BCUT2D eigenvalue weighted by Gasteiger charge is -2.25. The van der Waals surface area contributed by atoms with Crippen molar-refractivity contribution >= 4 is 11.7 Å². The van der Waals surface area contributed by atoms with E-state index in [9.17, 15) is 9.59 Å². The molecule has 3 atom stereocenters. The average Bonchev–Trinajstić information content (AvgIpc) is 2.51. The fourth-order valence-electron chi connectivity index (χ4n) is 2.86. The normalized spacial score (nSPS) is 38.2. The van der Waals surface area contributed by atoms with E-state index in [1.165, 1.54) is 0 Å². The van der Waals surface area contributed by atoms with Crippen molar-refractivity contribution in [2.24, 2.45) is 5.92 Å². The van der Waals surface area contributed by atoms with Gasteiger partial charge in [-0.25, -0.2) is 0 Å². The van der Waals surface area contributed by atoms with Gasteiger partial charge in [-0.2, -0.15) is 0 Å². The minimum Gasteiger partial charge on any atom is -0.330 e. The number of rotatable bonds is 0. The van der Waals surface area contributed by atoms with Gasteiger partial charge in [-0.1, -0.05) is 0 Å². The van der Waals surface area contributed by atoms with Gasteiger partial charge in [0.25, 0.3) is 0 Å². The minimum atomic E-state index is -0.0764. The monoisotopic (exact) mass is 181 g/mol. The van der Waals surface area contributed by atoms with Crippen molar-refractivity contribution in [1.29, 1.82) is 0 Å². The molecule has 3 nitrogen and oxygen atoms in total. The molecule has 13 heavy (non-hydrogen) atoms. The van der Waals surface area contributed by atoms with Crippen molar-refractivity contribution in [3.05, 3.63) is 0 Å². The van der Waals surface area contributed by atoms with Crippen molar-refractivity contribution in [1.82, 2.24) is 4.90 Å². The highest BCUT2D eigenvalue weighted by Gasteiger charge is 2.47. The highest BCUT2D eigenvalue weighted by atomic mass is 16.2. The molecule has 0 radical (unpaired) electrons. The Morgan fingerprint density at radius 3 is 2.85 bits per heavy atom. The van der Waals surface area contributed by atoms with Crippen molar-refractivity contribution in [3.8, 4) is 0 Å². The molecule has 1 saturated carbocycles. The highest BCUT2D eigenvalue weighted by Crippen LogP contribution is 2.38. The van der Waals surface area contributed by atoms with Crippen molar-refractivity contribution in [2.75, 3.05) is 0 Å². The number of carbonyl (C=O) groups is 2. The Labute approximate surface area is 78.1 Å². The molecule has 0 bridgehead atoms. The van der Waals surface area contributed by atoms with E-state index in [0.29, 0.717) is 12.3 Å². The Morgan fingerprint density at radius 2 is 2.23 bits per heavy atom. The Kier molecular flexibility index (Phi) is 1.90. The molecule has 0 N–H and O–H groups in total. The molecular weight excluding hydrogens is 166 g/mol. The summed E-state index contributed by atoms with van der Waals surface area (Å²) in [5.74, 6) is 0.770. The summed E-state index contributed by atoms with van der Waals surface area (Å²) in [6.45, 7) is 3.59. The van der Waals surface area contributed by atoms with Gasteiger partial charge in [0, 0.05) is 19.4 Å². The Bertz CT molecular complexity index is 262. The molecule has 2 fully saturated rings. The Hall–Kier alpha value is -0.860. The lowest BCUT2D eigenvalue weighted by atomic mass is 10.0. The van der Waals surface area contributed by atoms with Crippen LogP contribution < -0.4 is 0 Å². The quantitative estimate of drug-likeness (QED) is 0.558. The summed E-state index contributed by atoms with van der Waals surface area (Å²) in [5.41, 5.74) is 0. The van der Waals surface area contributed by atoms with E-state index in [4.69, 9.17) is 0 Å². The molecular formula is C10H15NO2. The van der Waals surface area contributed by atoms with Crippen LogP contribution in [0.25, 0.3) is 0 Å². The highest BCUT2D eigenvalue weighted by molar-refractivity contribution is 5.91. The van der Waals surface area contributed by atoms with E-state index >= 15 is 0 Å². The third kappa shape index (κ3) is 1.18. The lowest BCUT2D eigenvalue weighted by Crippen LogP contribution is -2.42. The molecule has 2 rings (SSSR count). The maximum absolute atomic E-state index is 11.5. The first-order valence-electron chi connectivity index (χ1n) is 4.93. The first-order valence-corrected chi connectivity index (χ1v) is 4.93. The number of hydrogen-bond donors (Lipinski definition) is 0. The molecule has 1 amide bonds. The van der Waals surface area contributed by atoms with Crippen LogP contribution in [0.3, 0.4) is 0 Å². The number of likely N-dealkylation sites (tertiary alicyclic amines) is 1. The third-order valence-corrected chi connectivity index (χ3v) is 3.32. The van der Waals surface area contributed by atoms with E-state index in [1.807, 2.05) is 6.92 Å². The first-order chi connectivity index (χ1) is 6.11. The van der Waals surface area contributed by atoms with Crippen LogP contribution in [0.1, 0.15) is 33.1 Å². The Balaban J connectivity index is 2.25. The summed E-state index contributed by atoms with van der Waals surface area (Å²) >= 11 is 0. The number of nitrogens with zero attached hydrogens (tertiary/aromatic N) is 1. The maximum atomic E-state index is 11.5. The van der Waals surface area contributed by atoms with E-state index in [-0.39, 0.29) is 23.8 Å². The van der Waals surface area contributed by atoms with Gasteiger partial charge in [-0.15, -0.1) is 0 Å². The smallest absolute Gasteiger partial charge is 0.220 e. The molecule has 2 aliphatic rings. The van der Waals surface area contributed by atoms with Crippen LogP contribution in [-0.2, 0) is 9.59 Å². The fourth-order valence-corrected chi connectivity index (χ4v) is 2.86. The standard InChI is InChI=1S/C10H15NO2/c1-6-5-8-3-4-9(13)10(8)11(6)7(2)12/h6,8,10H,3-5H2,1-2H3. The second-order valence-corrected chi connectivity index (χ2v) is 4.22. The topological polar surface area (TPSA) is 37.4 Å². The largest absolute Gasteiger partial charge is 0.330 e. The second-order valence-electron chi connectivity index (χ2n) is 4.22. The van der Waals surface area contributed by atoms with Gasteiger partial charge in [-0.05, 0) is 25.7 Å². The van der Waals surface area contributed by atoms with Gasteiger partial charge in [-0.3, -0.25) is 9.59 Å². The van der Waals surface area contributed by atoms with Gasteiger partial charge < -0.3 is 4.90 Å². The van der Waals surface area contributed by atoms with E-state index in [2.05, 4.69) is 0 Å². The number of fused-ring (bicyclic) bond motifs is 1. The van der Waals surface area contributed by atoms with Crippen LogP contribution in [0, 0.1) is 5.92 Å². The first kappa shape index (κ1) is 8.73. The second kappa shape index (κ2) is 2.82. The molecule has 0 aromatic rings. The molecule has 3 unspecified atom stereocenters. The predicted octanol–water partition coefficient (Wildman–Crippen LogP) is 0.975. The van der Waals surface area contributed by atoms with Gasteiger partial charge in [0.1, 0.15) is 0 Å². The summed E-state index contributed by atoms with van der Waals surface area (Å²) in [7, 11) is 0. The van der Waals surface area contributed by atoms with Crippen LogP contribution in [0.15, 0.2) is 0 Å². The molecule has 1 aliphatic carbocycles. The van der Waals surface area contributed by atoms with Crippen LogP contribution in [0.5, 0.6) is 0 Å². The van der Waals surface area contributed by atoms with Gasteiger partial charge in [0.05, 0.1) is 6.04 Å². The molecule has 0 aromatic heterocycles. The summed E-state index contributed by atoms with van der Waals surface area (Å²) in [4.78, 5) is 24.6. The number of ketones is 1. The average molecular weight is 181 g/mol. The van der Waals surface area contributed by atoms with Crippen LogP contribution in [0.4, 0.5) is 0 Å². The predicted molar refractivity (Wildman–Crippen MR) is 48.1 cm³/mol. The van der Waals surface area contributed by atoms with Gasteiger partial charge in [0.2, 0.25) is 5.91 Å². The SMILES string of the molecule is CC(=O)N1C(C)CC2CCC(=O)C21. The fraction of sp³-hybridized carbons (Fsp3) is 0.800. The van der Waals surface area contributed by atoms with Gasteiger partial charge >= 0.3 is 0 Å². The van der Waals surface area contributed by atoms with Gasteiger partial charge in [0.15, 0.2) is 5.78 Å². The third-order valence-electron chi connectivity index (χ3n) is 3.32. The number of amides is 1.